The van der Waals surface area contributed by atoms with Gasteiger partial charge in [-0.25, -0.2) is 22.0 Å². The van der Waals surface area contributed by atoms with Crippen LogP contribution in [0.5, 0.6) is 40.2 Å². The molecule has 1 heterocycles. The summed E-state index contributed by atoms with van der Waals surface area (Å²) in [5, 5.41) is 37.7. The number of nitrogen functional groups attached to an aromatic ring is 2. The molecule has 5 N–H and O–H groups in total. The molecule has 8 aromatic rings. The van der Waals surface area contributed by atoms with E-state index in [1.54, 1.807) is 60.7 Å². The number of rotatable bonds is 10. The van der Waals surface area contributed by atoms with Crippen LogP contribution in [-0.2, 0) is 19.0 Å². The predicted molar refractivity (Wildman–Crippen MR) is 302 cm³/mol. The van der Waals surface area contributed by atoms with Crippen molar-refractivity contribution in [3.8, 4) is 40.2 Å². The fourth-order valence-corrected chi connectivity index (χ4v) is 7.32. The van der Waals surface area contributed by atoms with E-state index in [0.29, 0.717) is 55.8 Å². The van der Waals surface area contributed by atoms with Crippen molar-refractivity contribution in [1.82, 2.24) is 0 Å². The van der Waals surface area contributed by atoms with E-state index in [-0.39, 0.29) is 156 Å². The van der Waals surface area contributed by atoms with E-state index in [1.807, 2.05) is 27.7 Å². The number of hydrogen-bond donors (Lipinski definition) is 3. The molecule has 83 heavy (non-hydrogen) atoms. The smallest absolute Gasteiger partial charge is 1.00 e. The maximum Gasteiger partial charge on any atom is 1.00 e. The number of hydrogen-bond acceptors (Lipinski definition) is 15. The molecule has 0 atom stereocenters. The Kier molecular flexibility index (Phi) is 32.4. The first-order chi connectivity index (χ1) is 38.2. The maximum atomic E-state index is 13.1. The van der Waals surface area contributed by atoms with E-state index in [9.17, 15) is 42.2 Å². The van der Waals surface area contributed by atoms with Gasteiger partial charge >= 0.3 is 110 Å². The van der Waals surface area contributed by atoms with Crippen LogP contribution in [0, 0.1) is 49.3 Å². The molecule has 426 valence electrons. The zero-order valence-electron chi connectivity index (χ0n) is 45.7. The van der Waals surface area contributed by atoms with Gasteiger partial charge < -0.3 is 51.7 Å². The number of non-ortho nitro benzene ring substituents is 2. The number of nitrogens with zero attached hydrogens (tertiary/aromatic N) is 2. The Balaban J connectivity index is 0.000000531. The second-order valence-corrected chi connectivity index (χ2v) is 19.7. The molecule has 0 saturated carbocycles. The van der Waals surface area contributed by atoms with Crippen LogP contribution in [0.2, 0.25) is 0 Å². The normalized spacial score (nSPS) is 11.9. The summed E-state index contributed by atoms with van der Waals surface area (Å²) in [6.45, 7) is 7.76. The number of ether oxygens (including phenoxy) is 3. The second kappa shape index (κ2) is 36.2. The Bertz CT molecular complexity index is 3350. The van der Waals surface area contributed by atoms with Crippen LogP contribution in [0.4, 0.5) is 44.7 Å². The number of aromatic hydroxyl groups is 1. The van der Waals surface area contributed by atoms with Crippen LogP contribution in [0.15, 0.2) is 183 Å². The van der Waals surface area contributed by atoms with Crippen molar-refractivity contribution in [2.24, 2.45) is 0 Å². The Morgan fingerprint density at radius 3 is 1.20 bits per heavy atom. The molecule has 1 aliphatic rings. The van der Waals surface area contributed by atoms with Gasteiger partial charge in [0.1, 0.15) is 69.3 Å². The number of carbonyl (C=O) groups excluding carboxylic acids is 1. The average molecular weight is 1400 g/mol. The van der Waals surface area contributed by atoms with E-state index in [2.05, 4.69) is 52.7 Å². The van der Waals surface area contributed by atoms with Crippen molar-refractivity contribution in [2.75, 3.05) is 11.5 Å². The molecule has 0 spiro atoms. The molecule has 0 unspecified atom stereocenters. The van der Waals surface area contributed by atoms with Gasteiger partial charge in [-0.15, -0.1) is 0 Å². The van der Waals surface area contributed by atoms with Gasteiger partial charge in [0.25, 0.3) is 17.8 Å². The summed E-state index contributed by atoms with van der Waals surface area (Å²) in [4.78, 5) is 30.9. The summed E-state index contributed by atoms with van der Waals surface area (Å²) >= 11 is 9.36. The van der Waals surface area contributed by atoms with E-state index in [0.717, 1.165) is 22.7 Å². The Labute approximate surface area is 584 Å². The number of carbonyl (C=O) groups is 1. The SMILES string of the molecule is CC1(C)OB(c2cc(N)ccc2Oc2ccc(F)cc2)OC1(C)C.Nc1ccc(Oc2ccc(F)cc2)c(Br)c1.O=CO[O-].O=[N+]([O-])c1ccc(F)c(Br)c1.O=[N+]([O-])c1ccc(Oc2ccc(F)cc2)c(Br)c1.Oc1ccc(F)cc1.[H-].[K+].[K+]. The van der Waals surface area contributed by atoms with Gasteiger partial charge in [0.2, 0.25) is 0 Å². The van der Waals surface area contributed by atoms with Gasteiger partial charge in [-0.05, 0) is 221 Å². The van der Waals surface area contributed by atoms with E-state index >= 15 is 0 Å². The Morgan fingerprint density at radius 2 is 0.855 bits per heavy atom. The standard InChI is InChI=1S/C18H21BFNO3.C12H7BrFNO3.C12H9BrFNO.C6H3BrFNO2.C6H5FO.CH2O3.2K.H/c1-17(2)18(3,4)24-19(23-17)15-11-13(21)7-10-16(15)22-14-8-5-12(20)6-9-14;13-11-7-9(15(16)17)3-6-12(11)18-10-4-1-8(14)2-5-10;13-11-7-9(15)3-6-12(11)16-10-4-1-8(14)2-5-10;7-5-3-4(9(10)11)1-2-6(5)8;7-5-1-3-6(8)4-2-5;2-1-4-3;;;/h5-11H,21H2,1-4H3;1-7H;1-7H,15H2;1-3H;1-4,8H;1,3H;;;/q;;;;;;2*+1;-1/p-1. The molecule has 0 amide bonds. The van der Waals surface area contributed by atoms with Crippen molar-refractivity contribution in [3.63, 3.8) is 0 Å². The molecule has 0 aliphatic carbocycles. The van der Waals surface area contributed by atoms with Crippen molar-refractivity contribution >= 4 is 89.6 Å². The van der Waals surface area contributed by atoms with Gasteiger partial charge in [-0.2, -0.15) is 0 Å². The minimum absolute atomic E-state index is 0. The molecule has 1 fully saturated rings. The molecule has 8 aromatic carbocycles. The first-order valence-electron chi connectivity index (χ1n) is 23.0. The predicted octanol–water partition coefficient (Wildman–Crippen LogP) is 8.33. The summed E-state index contributed by atoms with van der Waals surface area (Å²) in [5.41, 5.74) is 12.4. The molecule has 1 aliphatic heterocycles. The summed E-state index contributed by atoms with van der Waals surface area (Å²) < 4.78 is 93.3. The molecule has 9 rings (SSSR count). The van der Waals surface area contributed by atoms with E-state index < -0.39 is 34.0 Å². The topological polar surface area (TPSA) is 254 Å². The van der Waals surface area contributed by atoms with Crippen LogP contribution in [-0.4, -0.2) is 39.7 Å². The molecule has 0 radical (unpaired) electrons. The largest absolute Gasteiger partial charge is 1.00 e. The van der Waals surface area contributed by atoms with Crippen LogP contribution < -0.4 is 139 Å². The van der Waals surface area contributed by atoms with Gasteiger partial charge in [-0.3, -0.25) is 25.0 Å². The molecular formula is C55H47BBr3F5K2N4O13. The fraction of sp³-hybridized carbons (Fsp3) is 0.109. The first kappa shape index (κ1) is 74.2. The summed E-state index contributed by atoms with van der Waals surface area (Å²) in [7, 11) is -0.589. The van der Waals surface area contributed by atoms with E-state index in [4.69, 9.17) is 50.1 Å². The zero-order chi connectivity index (χ0) is 60.0. The third-order valence-electron chi connectivity index (χ3n) is 10.7. The van der Waals surface area contributed by atoms with Crippen LogP contribution in [0.3, 0.4) is 0 Å². The number of halogens is 8. The van der Waals surface area contributed by atoms with Gasteiger partial charge in [0.05, 0.1) is 34.5 Å². The number of phenolic OH excluding ortho intramolecular Hbond substituents is 1. The number of nitrogens with two attached hydrogens (primary N) is 2. The van der Waals surface area contributed by atoms with Crippen molar-refractivity contribution < 1.29 is 180 Å². The molecule has 0 bridgehead atoms. The summed E-state index contributed by atoms with van der Waals surface area (Å²) in [6.07, 6.45) is 0. The van der Waals surface area contributed by atoms with Gasteiger partial charge in [0, 0.05) is 41.1 Å². The molecule has 1 saturated heterocycles. The average Bonchev–Trinajstić information content (AvgIpc) is 3.88. The molecule has 28 heteroatoms. The van der Waals surface area contributed by atoms with Gasteiger partial charge in [0.15, 0.2) is 0 Å². The van der Waals surface area contributed by atoms with Crippen molar-refractivity contribution in [3.05, 3.63) is 233 Å². The van der Waals surface area contributed by atoms with Crippen LogP contribution in [0.1, 0.15) is 29.1 Å². The Morgan fingerprint density at radius 1 is 0.530 bits per heavy atom. The number of nitro benzene ring substituents is 2. The summed E-state index contributed by atoms with van der Waals surface area (Å²) in [5.74, 6) is 1.48. The summed E-state index contributed by atoms with van der Waals surface area (Å²) in [6, 6.07) is 40.1. The third-order valence-corrected chi connectivity index (χ3v) is 12.6. The number of anilines is 2. The monoisotopic (exact) mass is 1390 g/mol. The number of benzene rings is 8. The maximum absolute atomic E-state index is 13.1. The quantitative estimate of drug-likeness (QED) is 0.0221. The molecule has 0 aromatic heterocycles. The minimum Gasteiger partial charge on any atom is -1.00 e. The van der Waals surface area contributed by atoms with Crippen molar-refractivity contribution in [2.45, 2.75) is 38.9 Å². The van der Waals surface area contributed by atoms with E-state index in [1.165, 1.54) is 91.0 Å². The minimum atomic E-state index is -0.589. The van der Waals surface area contributed by atoms with Gasteiger partial charge in [-0.1, -0.05) is 0 Å². The molecule has 17 nitrogen and oxygen atoms in total. The molecular weight excluding hydrogens is 1350 g/mol. The number of nitro groups is 2. The zero-order valence-corrected chi connectivity index (χ0v) is 55.7. The fourth-order valence-electron chi connectivity index (χ4n) is 6.03. The Hall–Kier alpha value is -4.86. The van der Waals surface area contributed by atoms with Crippen molar-refractivity contribution in [1.29, 1.82) is 0 Å². The van der Waals surface area contributed by atoms with Crippen LogP contribution in [0.25, 0.3) is 0 Å². The third kappa shape index (κ3) is 25.3. The van der Waals surface area contributed by atoms with Crippen LogP contribution >= 0.6 is 47.8 Å². The first-order valence-corrected chi connectivity index (χ1v) is 25.4. The number of phenols is 1. The second-order valence-electron chi connectivity index (χ2n) is 17.1.